The predicted molar refractivity (Wildman–Crippen MR) is 131 cm³/mol. The average molecular weight is 468 g/mol. The maximum atomic E-state index is 12.9. The molecule has 160 valence electrons. The van der Waals surface area contributed by atoms with E-state index in [0.717, 1.165) is 54.0 Å². The van der Waals surface area contributed by atoms with Gasteiger partial charge in [-0.05, 0) is 62.9 Å². The number of unbranched alkanes of at least 4 members (excludes halogenated alkanes) is 1. The molecule has 5 rings (SSSR count). The summed E-state index contributed by atoms with van der Waals surface area (Å²) in [5, 5.41) is 4.51. The lowest BCUT2D eigenvalue weighted by molar-refractivity contribution is -0.118. The van der Waals surface area contributed by atoms with Gasteiger partial charge in [-0.2, -0.15) is 0 Å². The Morgan fingerprint density at radius 3 is 2.94 bits per heavy atom. The molecule has 0 amide bonds. The fourth-order valence-corrected chi connectivity index (χ4v) is 7.54. The summed E-state index contributed by atoms with van der Waals surface area (Å²) in [6.07, 6.45) is 8.96. The number of carbonyl (C=O) groups excluding carboxylic acids is 1. The first kappa shape index (κ1) is 20.9. The van der Waals surface area contributed by atoms with E-state index in [0.29, 0.717) is 18.6 Å². The van der Waals surface area contributed by atoms with E-state index < -0.39 is 0 Å². The van der Waals surface area contributed by atoms with Crippen LogP contribution in [0.4, 0.5) is 0 Å². The minimum Gasteiger partial charge on any atom is -0.312 e. The van der Waals surface area contributed by atoms with Gasteiger partial charge >= 0.3 is 0 Å². The maximum absolute atomic E-state index is 12.9. The molecule has 0 saturated carbocycles. The molecule has 4 aromatic rings. The van der Waals surface area contributed by atoms with Crippen molar-refractivity contribution in [2.75, 3.05) is 6.54 Å². The second kappa shape index (κ2) is 9.28. The summed E-state index contributed by atoms with van der Waals surface area (Å²) in [5.41, 5.74) is 3.56. The lowest BCUT2D eigenvalue weighted by Crippen LogP contribution is -2.22. The van der Waals surface area contributed by atoms with Crippen LogP contribution < -0.4 is 5.32 Å². The Morgan fingerprint density at radius 1 is 1.16 bits per heavy atom. The number of thiophene rings is 2. The number of aromatic nitrogens is 2. The monoisotopic (exact) mass is 467 g/mol. The van der Waals surface area contributed by atoms with E-state index in [-0.39, 0.29) is 0 Å². The lowest BCUT2D eigenvalue weighted by atomic mass is 10.00. The number of hydrogen-bond acceptors (Lipinski definition) is 7. The highest BCUT2D eigenvalue weighted by atomic mass is 32.1. The van der Waals surface area contributed by atoms with Crippen LogP contribution in [0.25, 0.3) is 20.8 Å². The summed E-state index contributed by atoms with van der Waals surface area (Å²) in [7, 11) is 0. The number of nitrogens with one attached hydrogen (secondary N) is 1. The second-order valence-electron chi connectivity index (χ2n) is 8.03. The number of rotatable bonds is 8. The van der Waals surface area contributed by atoms with E-state index in [4.69, 9.17) is 4.98 Å². The number of fused-ring (bicyclic) bond motifs is 2. The number of thiazole rings is 1. The quantitative estimate of drug-likeness (QED) is 0.325. The Kier molecular flexibility index (Phi) is 6.27. The minimum atomic E-state index is 0.345. The van der Waals surface area contributed by atoms with Crippen molar-refractivity contribution in [3.8, 4) is 10.6 Å². The van der Waals surface area contributed by atoms with Crippen LogP contribution in [0.5, 0.6) is 0 Å². The molecule has 0 atom stereocenters. The first-order valence-electron chi connectivity index (χ1n) is 10.8. The van der Waals surface area contributed by atoms with E-state index in [1.807, 2.05) is 29.8 Å². The molecule has 31 heavy (non-hydrogen) atoms. The molecular weight excluding hydrogens is 442 g/mol. The first-order valence-corrected chi connectivity index (χ1v) is 13.2. The zero-order chi connectivity index (χ0) is 21.2. The van der Waals surface area contributed by atoms with Gasteiger partial charge in [-0.1, -0.05) is 0 Å². The molecule has 1 aliphatic rings. The van der Waals surface area contributed by atoms with E-state index >= 15 is 0 Å². The average Bonchev–Trinajstić information content (AvgIpc) is 3.46. The summed E-state index contributed by atoms with van der Waals surface area (Å²) >= 11 is 5.38. The van der Waals surface area contributed by atoms with Gasteiger partial charge in [0.1, 0.15) is 16.3 Å². The van der Waals surface area contributed by atoms with Crippen molar-refractivity contribution in [2.45, 2.75) is 52.0 Å². The van der Waals surface area contributed by atoms with Gasteiger partial charge in [0.25, 0.3) is 0 Å². The van der Waals surface area contributed by atoms with Crippen molar-refractivity contribution >= 4 is 50.0 Å². The predicted octanol–water partition coefficient (Wildman–Crippen LogP) is 5.96. The van der Waals surface area contributed by atoms with Gasteiger partial charge in [-0.3, -0.25) is 9.78 Å². The molecule has 0 unspecified atom stereocenters. The molecule has 0 radical (unpaired) electrons. The van der Waals surface area contributed by atoms with E-state index in [9.17, 15) is 4.79 Å². The summed E-state index contributed by atoms with van der Waals surface area (Å²) < 4.78 is 1.15. The van der Waals surface area contributed by atoms with Gasteiger partial charge in [0.2, 0.25) is 0 Å². The first-order chi connectivity index (χ1) is 15.2. The molecule has 0 spiro atoms. The Hall–Kier alpha value is -1.93. The molecule has 0 aromatic carbocycles. The Labute approximate surface area is 194 Å². The topological polar surface area (TPSA) is 54.9 Å². The smallest absolute Gasteiger partial charge is 0.138 e. The summed E-state index contributed by atoms with van der Waals surface area (Å²) in [4.78, 5) is 27.3. The number of carbonyl (C=O) groups is 1. The van der Waals surface area contributed by atoms with Gasteiger partial charge in [0.15, 0.2) is 0 Å². The van der Waals surface area contributed by atoms with Crippen molar-refractivity contribution in [2.24, 2.45) is 0 Å². The van der Waals surface area contributed by atoms with Gasteiger partial charge in [-0.15, -0.1) is 34.0 Å². The molecule has 0 saturated heterocycles. The third kappa shape index (κ3) is 4.65. The Bertz CT molecular complexity index is 1190. The highest BCUT2D eigenvalue weighted by Gasteiger charge is 2.25. The molecular formula is C24H25N3OS3. The molecule has 0 fully saturated rings. The van der Waals surface area contributed by atoms with Crippen LogP contribution in [0.2, 0.25) is 0 Å². The zero-order valence-electron chi connectivity index (χ0n) is 17.6. The molecule has 5 heterocycles. The molecule has 1 N–H and O–H groups in total. The lowest BCUT2D eigenvalue weighted by Gasteiger charge is -2.13. The van der Waals surface area contributed by atoms with Crippen molar-refractivity contribution in [3.05, 3.63) is 55.7 Å². The summed E-state index contributed by atoms with van der Waals surface area (Å²) in [6, 6.07) is 6.42. The maximum Gasteiger partial charge on any atom is 0.138 e. The van der Waals surface area contributed by atoms with Crippen LogP contribution in [-0.2, 0) is 30.6 Å². The third-order valence-electron chi connectivity index (χ3n) is 5.69. The highest BCUT2D eigenvalue weighted by Crippen LogP contribution is 2.41. The van der Waals surface area contributed by atoms with Gasteiger partial charge in [0, 0.05) is 50.7 Å². The normalized spacial score (nSPS) is 13.6. The van der Waals surface area contributed by atoms with Crippen molar-refractivity contribution < 1.29 is 4.79 Å². The standard InChI is InChI=1S/C24H25N3OS3/c1-15-6-7-17(29-15)5-3-2-4-16(28)12-21-23(18-8-10-26-14-22(18)30-21)24-27-19-13-25-11-9-20(19)31-24/h6-7,9,11,13,26H,2-5,8,10,12,14H2,1H3. The molecule has 1 aliphatic heterocycles. The van der Waals surface area contributed by atoms with Crippen LogP contribution in [0.15, 0.2) is 30.6 Å². The fourth-order valence-electron chi connectivity index (χ4n) is 4.16. The number of hydrogen-bond donors (Lipinski definition) is 1. The highest BCUT2D eigenvalue weighted by molar-refractivity contribution is 7.22. The fraction of sp³-hybridized carbons (Fsp3) is 0.375. The van der Waals surface area contributed by atoms with Crippen LogP contribution >= 0.6 is 34.0 Å². The minimum absolute atomic E-state index is 0.345. The molecule has 4 nitrogen and oxygen atoms in total. The second-order valence-corrected chi connectivity index (χ2v) is 11.6. The van der Waals surface area contributed by atoms with Gasteiger partial charge in [-0.25, -0.2) is 4.98 Å². The van der Waals surface area contributed by atoms with Crippen molar-refractivity contribution in [1.29, 1.82) is 0 Å². The largest absolute Gasteiger partial charge is 0.312 e. The number of pyridine rings is 1. The number of nitrogens with zero attached hydrogens (tertiary/aromatic N) is 2. The van der Waals surface area contributed by atoms with Crippen molar-refractivity contribution in [3.63, 3.8) is 0 Å². The number of aryl methyl sites for hydroxylation is 2. The Balaban J connectivity index is 1.31. The van der Waals surface area contributed by atoms with Gasteiger partial charge < -0.3 is 5.32 Å². The third-order valence-corrected chi connectivity index (χ3v) is 9.03. The molecule has 4 aromatic heterocycles. The van der Waals surface area contributed by atoms with Crippen LogP contribution in [0.3, 0.4) is 0 Å². The van der Waals surface area contributed by atoms with E-state index in [2.05, 4.69) is 29.4 Å². The number of Topliss-reactive ketones (excluding diaryl/α,β-unsaturated/α-hetero) is 1. The van der Waals surface area contributed by atoms with Crippen LogP contribution in [-0.4, -0.2) is 22.3 Å². The van der Waals surface area contributed by atoms with Crippen LogP contribution in [0.1, 0.15) is 44.3 Å². The van der Waals surface area contributed by atoms with Gasteiger partial charge in [0.05, 0.1) is 10.9 Å². The zero-order valence-corrected chi connectivity index (χ0v) is 20.0. The molecule has 0 bridgehead atoms. The number of ketones is 1. The Morgan fingerprint density at radius 2 is 2.10 bits per heavy atom. The van der Waals surface area contributed by atoms with Crippen LogP contribution in [0, 0.1) is 6.92 Å². The summed E-state index contributed by atoms with van der Waals surface area (Å²) in [6.45, 7) is 4.03. The summed E-state index contributed by atoms with van der Waals surface area (Å²) in [5.74, 6) is 0.345. The van der Waals surface area contributed by atoms with Crippen molar-refractivity contribution in [1.82, 2.24) is 15.3 Å². The molecule has 0 aliphatic carbocycles. The SMILES string of the molecule is Cc1ccc(CCCCC(=O)Cc2sc3c(c2-c2nc4cnccc4s2)CCNC3)s1. The van der Waals surface area contributed by atoms with E-state index in [1.165, 1.54) is 30.6 Å². The molecule has 7 heteroatoms. The van der Waals surface area contributed by atoms with E-state index in [1.54, 1.807) is 22.7 Å².